The molecule has 1 aromatic heterocycles. The van der Waals surface area contributed by atoms with Gasteiger partial charge in [-0.15, -0.1) is 0 Å². The van der Waals surface area contributed by atoms with Crippen molar-refractivity contribution in [3.05, 3.63) is 27.1 Å². The lowest BCUT2D eigenvalue weighted by Gasteiger charge is -2.12. The van der Waals surface area contributed by atoms with Crippen molar-refractivity contribution in [1.29, 1.82) is 0 Å². The lowest BCUT2D eigenvalue weighted by molar-refractivity contribution is -0.127. The van der Waals surface area contributed by atoms with E-state index in [4.69, 9.17) is 0 Å². The summed E-state index contributed by atoms with van der Waals surface area (Å²) in [5.41, 5.74) is -0.205. The fourth-order valence-corrected chi connectivity index (χ4v) is 1.78. The predicted octanol–water partition coefficient (Wildman–Crippen LogP) is 0.358. The van der Waals surface area contributed by atoms with Gasteiger partial charge in [0.2, 0.25) is 5.91 Å². The van der Waals surface area contributed by atoms with Crippen LogP contribution in [0.15, 0.2) is 21.5 Å². The summed E-state index contributed by atoms with van der Waals surface area (Å²) in [6.07, 6.45) is 1.58. The van der Waals surface area contributed by atoms with Crippen molar-refractivity contribution in [1.82, 2.24) is 14.8 Å². The number of carbonyl (C=O) groups is 2. The van der Waals surface area contributed by atoms with Gasteiger partial charge in [-0.2, -0.15) is 0 Å². The first kappa shape index (κ1) is 15.2. The normalized spacial score (nSPS) is 9.89. The Bertz CT molecular complexity index is 553. The van der Waals surface area contributed by atoms with Crippen molar-refractivity contribution in [3.63, 3.8) is 0 Å². The van der Waals surface area contributed by atoms with Gasteiger partial charge in [-0.3, -0.25) is 9.59 Å². The van der Waals surface area contributed by atoms with Gasteiger partial charge in [-0.05, 0) is 22.0 Å². The summed E-state index contributed by atoms with van der Waals surface area (Å²) < 4.78 is 2.00. The molecule has 0 aromatic carbocycles. The molecule has 104 valence electrons. The predicted molar refractivity (Wildman–Crippen MR) is 75.1 cm³/mol. The smallest absolute Gasteiger partial charge is 0.319 e. The molecule has 3 amide bonds. The third kappa shape index (κ3) is 4.40. The number of nitrogens with one attached hydrogen (secondary N) is 2. The lowest BCUT2D eigenvalue weighted by Crippen LogP contribution is -2.39. The Balaban J connectivity index is 2.68. The summed E-state index contributed by atoms with van der Waals surface area (Å²) in [5.74, 6) is -0.239. The highest BCUT2D eigenvalue weighted by molar-refractivity contribution is 9.10. The number of likely N-dealkylation sites (N-methyl/N-ethyl adjacent to an activating group) is 1. The monoisotopic (exact) mass is 330 g/mol. The van der Waals surface area contributed by atoms with E-state index in [1.165, 1.54) is 15.5 Å². The van der Waals surface area contributed by atoms with Gasteiger partial charge in [-0.25, -0.2) is 4.79 Å². The third-order valence-electron chi connectivity index (χ3n) is 2.30. The number of rotatable bonds is 3. The Morgan fingerprint density at radius 2 is 2.05 bits per heavy atom. The highest BCUT2D eigenvalue weighted by Crippen LogP contribution is 2.11. The van der Waals surface area contributed by atoms with Gasteiger partial charge in [0.15, 0.2) is 0 Å². The quantitative estimate of drug-likeness (QED) is 0.839. The Morgan fingerprint density at radius 3 is 2.63 bits per heavy atom. The molecule has 1 rings (SSSR count). The molecule has 8 heteroatoms. The molecule has 0 radical (unpaired) electrons. The number of carbonyl (C=O) groups excluding carboxylic acids is 2. The molecule has 0 saturated heterocycles. The average Bonchev–Trinajstić information content (AvgIpc) is 2.32. The molecule has 19 heavy (non-hydrogen) atoms. The molecular weight excluding hydrogens is 316 g/mol. The molecule has 0 bridgehead atoms. The molecule has 0 aliphatic rings. The van der Waals surface area contributed by atoms with Crippen molar-refractivity contribution >= 4 is 33.6 Å². The molecule has 0 aliphatic heterocycles. The highest BCUT2D eigenvalue weighted by Gasteiger charge is 2.10. The highest BCUT2D eigenvalue weighted by atomic mass is 79.9. The van der Waals surface area contributed by atoms with E-state index in [-0.39, 0.29) is 23.7 Å². The summed E-state index contributed by atoms with van der Waals surface area (Å²) in [6.45, 7) is -0.132. The first-order valence-electron chi connectivity index (χ1n) is 5.42. The van der Waals surface area contributed by atoms with E-state index >= 15 is 0 Å². The van der Waals surface area contributed by atoms with Crippen LogP contribution in [0.5, 0.6) is 0 Å². The molecule has 1 aromatic rings. The fraction of sp³-hybridized carbons (Fsp3) is 0.364. The molecule has 0 aliphatic carbocycles. The molecule has 2 N–H and O–H groups in total. The summed E-state index contributed by atoms with van der Waals surface area (Å²) in [5, 5.41) is 4.78. The number of nitrogens with zero attached hydrogens (tertiary/aromatic N) is 2. The maximum absolute atomic E-state index is 11.7. The molecule has 0 spiro atoms. The summed E-state index contributed by atoms with van der Waals surface area (Å²) in [4.78, 5) is 35.9. The van der Waals surface area contributed by atoms with Crippen LogP contribution in [0.25, 0.3) is 0 Å². The number of pyridine rings is 1. The maximum atomic E-state index is 11.7. The van der Waals surface area contributed by atoms with E-state index in [1.54, 1.807) is 27.3 Å². The Morgan fingerprint density at radius 1 is 1.42 bits per heavy atom. The van der Waals surface area contributed by atoms with Crippen LogP contribution in [-0.2, 0) is 11.8 Å². The minimum absolute atomic E-state index is 0.131. The minimum Gasteiger partial charge on any atom is -0.347 e. The van der Waals surface area contributed by atoms with Crippen molar-refractivity contribution < 1.29 is 9.59 Å². The molecule has 7 nitrogen and oxygen atoms in total. The first-order valence-corrected chi connectivity index (χ1v) is 6.21. The largest absolute Gasteiger partial charge is 0.347 e. The molecule has 0 unspecified atom stereocenters. The summed E-state index contributed by atoms with van der Waals surface area (Å²) in [6, 6.07) is 0.890. The van der Waals surface area contributed by atoms with E-state index < -0.39 is 6.03 Å². The third-order valence-corrected chi connectivity index (χ3v) is 2.73. The van der Waals surface area contributed by atoms with Crippen LogP contribution in [0.2, 0.25) is 0 Å². The van der Waals surface area contributed by atoms with Crippen LogP contribution in [0.3, 0.4) is 0 Å². The standard InChI is InChI=1S/C11H15BrN4O3/c1-15(2)9(17)5-13-11(19)14-8-4-7(12)6-16(3)10(8)18/h4,6H,5H2,1-3H3,(H2,13,14,19). The van der Waals surface area contributed by atoms with E-state index in [0.29, 0.717) is 4.47 Å². The van der Waals surface area contributed by atoms with Crippen LogP contribution >= 0.6 is 15.9 Å². The minimum atomic E-state index is -0.606. The first-order chi connectivity index (χ1) is 8.81. The second-order valence-electron chi connectivity index (χ2n) is 4.08. The van der Waals surface area contributed by atoms with Crippen LogP contribution < -0.4 is 16.2 Å². The van der Waals surface area contributed by atoms with E-state index in [9.17, 15) is 14.4 Å². The zero-order valence-corrected chi connectivity index (χ0v) is 12.4. The second kappa shape index (κ2) is 6.37. The van der Waals surface area contributed by atoms with Crippen LogP contribution in [0.4, 0.5) is 10.5 Å². The molecular formula is C11H15BrN4O3. The van der Waals surface area contributed by atoms with Crippen LogP contribution in [0, 0.1) is 0 Å². The fourth-order valence-electron chi connectivity index (χ4n) is 1.24. The van der Waals surface area contributed by atoms with Gasteiger partial charge in [0, 0.05) is 31.8 Å². The maximum Gasteiger partial charge on any atom is 0.319 e. The number of halogens is 1. The van der Waals surface area contributed by atoms with Crippen LogP contribution in [-0.4, -0.2) is 42.0 Å². The van der Waals surface area contributed by atoms with Crippen molar-refractivity contribution in [2.24, 2.45) is 7.05 Å². The van der Waals surface area contributed by atoms with Gasteiger partial charge < -0.3 is 20.1 Å². The number of aromatic nitrogens is 1. The summed E-state index contributed by atoms with van der Waals surface area (Å²) >= 11 is 3.23. The van der Waals surface area contributed by atoms with Gasteiger partial charge in [0.1, 0.15) is 5.69 Å². The molecule has 0 saturated carbocycles. The van der Waals surface area contributed by atoms with Crippen molar-refractivity contribution in [3.8, 4) is 0 Å². The van der Waals surface area contributed by atoms with Gasteiger partial charge in [0.25, 0.3) is 5.56 Å². The molecule has 1 heterocycles. The zero-order valence-electron chi connectivity index (χ0n) is 10.9. The van der Waals surface area contributed by atoms with Crippen LogP contribution in [0.1, 0.15) is 0 Å². The van der Waals surface area contributed by atoms with E-state index in [0.717, 1.165) is 0 Å². The number of aryl methyl sites for hydroxylation is 1. The Hall–Kier alpha value is -1.83. The Kier molecular flexibility index (Phi) is 5.11. The lowest BCUT2D eigenvalue weighted by atomic mass is 10.4. The number of hydrogen-bond acceptors (Lipinski definition) is 3. The second-order valence-corrected chi connectivity index (χ2v) is 5.00. The molecule has 0 atom stereocenters. The average molecular weight is 331 g/mol. The van der Waals surface area contributed by atoms with E-state index in [2.05, 4.69) is 26.6 Å². The zero-order chi connectivity index (χ0) is 14.6. The molecule has 0 fully saturated rings. The van der Waals surface area contributed by atoms with E-state index in [1.807, 2.05) is 0 Å². The van der Waals surface area contributed by atoms with Gasteiger partial charge in [-0.1, -0.05) is 0 Å². The van der Waals surface area contributed by atoms with Gasteiger partial charge >= 0.3 is 6.03 Å². The van der Waals surface area contributed by atoms with Crippen molar-refractivity contribution in [2.45, 2.75) is 0 Å². The SMILES string of the molecule is CN(C)C(=O)CNC(=O)Nc1cc(Br)cn(C)c1=O. The van der Waals surface area contributed by atoms with Gasteiger partial charge in [0.05, 0.1) is 6.54 Å². The Labute approximate surface area is 118 Å². The topological polar surface area (TPSA) is 83.4 Å². The number of urea groups is 1. The number of anilines is 1. The number of amides is 3. The summed E-state index contributed by atoms with van der Waals surface area (Å²) in [7, 11) is 4.75. The van der Waals surface area contributed by atoms with Crippen molar-refractivity contribution in [2.75, 3.05) is 26.0 Å². The number of hydrogen-bond donors (Lipinski definition) is 2.